The summed E-state index contributed by atoms with van der Waals surface area (Å²) in [6, 6.07) is 26.8. The number of rotatable bonds is 6. The van der Waals surface area contributed by atoms with Crippen LogP contribution in [0.15, 0.2) is 84.9 Å². The first-order valence-electron chi connectivity index (χ1n) is 10.9. The van der Waals surface area contributed by atoms with Gasteiger partial charge in [0, 0.05) is 31.4 Å². The van der Waals surface area contributed by atoms with E-state index in [1.54, 1.807) is 24.3 Å². The van der Waals surface area contributed by atoms with Gasteiger partial charge in [0.05, 0.1) is 0 Å². The Balaban J connectivity index is 1.21. The highest BCUT2D eigenvalue weighted by Gasteiger charge is 2.23. The second-order valence-corrected chi connectivity index (χ2v) is 7.90. The fourth-order valence-electron chi connectivity index (χ4n) is 3.75. The smallest absolute Gasteiger partial charge is 0.313 e. The molecule has 2 N–H and O–H groups in total. The summed E-state index contributed by atoms with van der Waals surface area (Å²) in [7, 11) is 0. The molecule has 1 heterocycles. The lowest BCUT2D eigenvalue weighted by Gasteiger charge is -2.32. The number of ether oxygens (including phenoxy) is 1. The second-order valence-electron chi connectivity index (χ2n) is 7.90. The summed E-state index contributed by atoms with van der Waals surface area (Å²) >= 11 is 0. The Morgan fingerprint density at radius 1 is 0.781 bits per heavy atom. The highest BCUT2D eigenvalue weighted by atomic mass is 16.5. The van der Waals surface area contributed by atoms with Gasteiger partial charge in [-0.15, -0.1) is 0 Å². The standard InChI is InChI=1S/C26H27N3O3/c30-25(27-21-11-13-24(14-12-21)32-23-9-5-2-6-10-23)26(31)28-22-15-17-29(18-16-22)19-20-7-3-1-4-8-20/h1-14,22H,15-19H2,(H,27,30)(H,28,31). The van der Waals surface area contributed by atoms with Gasteiger partial charge >= 0.3 is 11.8 Å². The molecule has 0 bridgehead atoms. The normalized spacial score (nSPS) is 14.5. The first-order valence-corrected chi connectivity index (χ1v) is 10.9. The molecule has 3 aromatic carbocycles. The van der Waals surface area contributed by atoms with Crippen molar-refractivity contribution in [3.05, 3.63) is 90.5 Å². The van der Waals surface area contributed by atoms with Crippen LogP contribution in [0.1, 0.15) is 18.4 Å². The van der Waals surface area contributed by atoms with Crippen LogP contribution in [0.5, 0.6) is 11.5 Å². The first-order chi connectivity index (χ1) is 15.7. The number of hydrogen-bond donors (Lipinski definition) is 2. The number of nitrogens with one attached hydrogen (secondary N) is 2. The predicted octanol–water partition coefficient (Wildman–Crippen LogP) is 4.20. The maximum absolute atomic E-state index is 12.3. The Labute approximate surface area is 188 Å². The van der Waals surface area contributed by atoms with Crippen molar-refractivity contribution in [2.75, 3.05) is 18.4 Å². The molecule has 0 spiro atoms. The molecule has 0 unspecified atom stereocenters. The molecule has 3 aromatic rings. The van der Waals surface area contributed by atoms with Crippen LogP contribution in [0, 0.1) is 0 Å². The van der Waals surface area contributed by atoms with Crippen LogP contribution < -0.4 is 15.4 Å². The number of amides is 2. The van der Waals surface area contributed by atoms with Crippen LogP contribution in [0.25, 0.3) is 0 Å². The number of carbonyl (C=O) groups excluding carboxylic acids is 2. The van der Waals surface area contributed by atoms with Gasteiger partial charge in [-0.25, -0.2) is 0 Å². The van der Waals surface area contributed by atoms with Crippen LogP contribution in [0.4, 0.5) is 5.69 Å². The highest BCUT2D eigenvalue weighted by Crippen LogP contribution is 2.22. The van der Waals surface area contributed by atoms with Crippen molar-refractivity contribution < 1.29 is 14.3 Å². The van der Waals surface area contributed by atoms with Crippen LogP contribution in [-0.2, 0) is 16.1 Å². The first kappa shape index (κ1) is 21.6. The van der Waals surface area contributed by atoms with Crippen molar-refractivity contribution in [1.82, 2.24) is 10.2 Å². The Kier molecular flexibility index (Phi) is 7.15. The third-order valence-corrected chi connectivity index (χ3v) is 5.47. The van der Waals surface area contributed by atoms with Gasteiger partial charge in [-0.05, 0) is 54.8 Å². The quantitative estimate of drug-likeness (QED) is 0.576. The minimum absolute atomic E-state index is 0.0157. The van der Waals surface area contributed by atoms with Crippen molar-refractivity contribution >= 4 is 17.5 Å². The second kappa shape index (κ2) is 10.6. The van der Waals surface area contributed by atoms with Gasteiger partial charge in [0.1, 0.15) is 11.5 Å². The zero-order valence-corrected chi connectivity index (χ0v) is 17.9. The molecule has 1 aliphatic rings. The molecule has 6 heteroatoms. The van der Waals surface area contributed by atoms with Gasteiger partial charge in [-0.1, -0.05) is 48.5 Å². The van der Waals surface area contributed by atoms with Crippen molar-refractivity contribution in [3.8, 4) is 11.5 Å². The average Bonchev–Trinajstić information content (AvgIpc) is 2.83. The van der Waals surface area contributed by atoms with E-state index in [1.165, 1.54) is 5.56 Å². The maximum atomic E-state index is 12.3. The van der Waals surface area contributed by atoms with Crippen LogP contribution in [0.3, 0.4) is 0 Å². The summed E-state index contributed by atoms with van der Waals surface area (Å²) in [5.74, 6) is 0.129. The van der Waals surface area contributed by atoms with Crippen molar-refractivity contribution in [1.29, 1.82) is 0 Å². The minimum Gasteiger partial charge on any atom is -0.457 e. The molecule has 1 saturated heterocycles. The van der Waals surface area contributed by atoms with E-state index in [0.717, 1.165) is 38.2 Å². The fourth-order valence-corrected chi connectivity index (χ4v) is 3.75. The number of likely N-dealkylation sites (tertiary alicyclic amines) is 1. The Bertz CT molecular complexity index is 1020. The molecule has 164 valence electrons. The van der Waals surface area contributed by atoms with Crippen LogP contribution in [0.2, 0.25) is 0 Å². The number of para-hydroxylation sites is 1. The lowest BCUT2D eigenvalue weighted by molar-refractivity contribution is -0.136. The number of carbonyl (C=O) groups is 2. The monoisotopic (exact) mass is 429 g/mol. The van der Waals surface area contributed by atoms with E-state index in [1.807, 2.05) is 48.5 Å². The van der Waals surface area contributed by atoms with E-state index in [2.05, 4.69) is 27.7 Å². The SMILES string of the molecule is O=C(Nc1ccc(Oc2ccccc2)cc1)C(=O)NC1CCN(Cc2ccccc2)CC1. The summed E-state index contributed by atoms with van der Waals surface area (Å²) in [5, 5.41) is 5.51. The van der Waals surface area contributed by atoms with Gasteiger partial charge in [0.2, 0.25) is 0 Å². The molecule has 4 rings (SSSR count). The topological polar surface area (TPSA) is 70.7 Å². The molecular formula is C26H27N3O3. The van der Waals surface area contributed by atoms with E-state index in [-0.39, 0.29) is 6.04 Å². The zero-order chi connectivity index (χ0) is 22.2. The Morgan fingerprint density at radius 2 is 1.38 bits per heavy atom. The lowest BCUT2D eigenvalue weighted by Crippen LogP contribution is -2.47. The van der Waals surface area contributed by atoms with Gasteiger partial charge in [0.15, 0.2) is 0 Å². The summed E-state index contributed by atoms with van der Waals surface area (Å²) in [6.45, 7) is 2.70. The van der Waals surface area contributed by atoms with Gasteiger partial charge in [-0.2, -0.15) is 0 Å². The van der Waals surface area contributed by atoms with E-state index in [4.69, 9.17) is 4.74 Å². The molecule has 0 radical (unpaired) electrons. The third kappa shape index (κ3) is 6.18. The zero-order valence-electron chi connectivity index (χ0n) is 17.9. The molecule has 1 fully saturated rings. The summed E-state index contributed by atoms with van der Waals surface area (Å²) < 4.78 is 5.74. The molecule has 1 aliphatic heterocycles. The Hall–Kier alpha value is -3.64. The molecule has 0 saturated carbocycles. The third-order valence-electron chi connectivity index (χ3n) is 5.47. The van der Waals surface area contributed by atoms with E-state index in [9.17, 15) is 9.59 Å². The summed E-state index contributed by atoms with van der Waals surface area (Å²) in [4.78, 5) is 27.0. The van der Waals surface area contributed by atoms with E-state index >= 15 is 0 Å². The Morgan fingerprint density at radius 3 is 2.03 bits per heavy atom. The molecule has 0 aromatic heterocycles. The lowest BCUT2D eigenvalue weighted by atomic mass is 10.0. The largest absolute Gasteiger partial charge is 0.457 e. The van der Waals surface area contributed by atoms with Gasteiger partial charge in [-0.3, -0.25) is 14.5 Å². The summed E-state index contributed by atoms with van der Waals surface area (Å²) in [5.41, 5.74) is 1.83. The summed E-state index contributed by atoms with van der Waals surface area (Å²) in [6.07, 6.45) is 1.66. The molecular weight excluding hydrogens is 402 g/mol. The van der Waals surface area contributed by atoms with Gasteiger partial charge in [0.25, 0.3) is 0 Å². The molecule has 0 atom stereocenters. The number of anilines is 1. The number of benzene rings is 3. The maximum Gasteiger partial charge on any atom is 0.313 e. The molecule has 0 aliphatic carbocycles. The number of nitrogens with zero attached hydrogens (tertiary/aromatic N) is 1. The van der Waals surface area contributed by atoms with Gasteiger partial charge < -0.3 is 15.4 Å². The van der Waals surface area contributed by atoms with E-state index in [0.29, 0.717) is 11.4 Å². The van der Waals surface area contributed by atoms with Crippen molar-refractivity contribution in [2.45, 2.75) is 25.4 Å². The number of hydrogen-bond acceptors (Lipinski definition) is 4. The van der Waals surface area contributed by atoms with Crippen LogP contribution >= 0.6 is 0 Å². The predicted molar refractivity (Wildman–Crippen MR) is 124 cm³/mol. The molecule has 32 heavy (non-hydrogen) atoms. The molecule has 2 amide bonds. The van der Waals surface area contributed by atoms with Crippen LogP contribution in [-0.4, -0.2) is 35.8 Å². The van der Waals surface area contributed by atoms with Crippen molar-refractivity contribution in [3.63, 3.8) is 0 Å². The minimum atomic E-state index is -0.659. The number of piperidine rings is 1. The van der Waals surface area contributed by atoms with E-state index < -0.39 is 11.8 Å². The van der Waals surface area contributed by atoms with Crippen molar-refractivity contribution in [2.24, 2.45) is 0 Å². The fraction of sp³-hybridized carbons (Fsp3) is 0.231. The average molecular weight is 430 g/mol. The highest BCUT2D eigenvalue weighted by molar-refractivity contribution is 6.39. The molecule has 6 nitrogen and oxygen atoms in total.